The van der Waals surface area contributed by atoms with Crippen molar-refractivity contribution in [1.82, 2.24) is 14.5 Å². The van der Waals surface area contributed by atoms with Crippen LogP contribution in [-0.4, -0.2) is 40.5 Å². The van der Waals surface area contributed by atoms with Crippen LogP contribution in [0.4, 0.5) is 5.69 Å². The van der Waals surface area contributed by atoms with E-state index in [0.29, 0.717) is 17.2 Å². The quantitative estimate of drug-likeness (QED) is 0.189. The summed E-state index contributed by atoms with van der Waals surface area (Å²) in [4.78, 5) is 16.8. The van der Waals surface area contributed by atoms with Crippen LogP contribution in [0.5, 0.6) is 0 Å². The van der Waals surface area contributed by atoms with Crippen LogP contribution in [0, 0.1) is 0 Å². The van der Waals surface area contributed by atoms with Gasteiger partial charge in [0, 0.05) is 42.6 Å². The Balaban J connectivity index is 1.51. The molecule has 2 fully saturated rings. The molecule has 0 spiro atoms. The van der Waals surface area contributed by atoms with Gasteiger partial charge in [-0.25, -0.2) is 9.97 Å². The molecule has 4 N–H and O–H groups in total. The zero-order valence-electron chi connectivity index (χ0n) is 22.5. The minimum atomic E-state index is -0.225. The van der Waals surface area contributed by atoms with Gasteiger partial charge in [0.1, 0.15) is 11.4 Å². The van der Waals surface area contributed by atoms with Crippen molar-refractivity contribution >= 4 is 28.3 Å². The summed E-state index contributed by atoms with van der Waals surface area (Å²) in [5, 5.41) is 0. The molecule has 2 aromatic heterocycles. The summed E-state index contributed by atoms with van der Waals surface area (Å²) in [7, 11) is 1.68. The molecule has 0 radical (unpaired) electrons. The van der Waals surface area contributed by atoms with Gasteiger partial charge in [-0.2, -0.15) is 0 Å². The second-order valence-corrected chi connectivity index (χ2v) is 10.5. The highest BCUT2D eigenvalue weighted by molar-refractivity contribution is 6.21. The maximum Gasteiger partial charge on any atom is 0.165 e. The van der Waals surface area contributed by atoms with Crippen LogP contribution in [-0.2, 0) is 5.54 Å². The van der Waals surface area contributed by atoms with Crippen molar-refractivity contribution in [2.24, 2.45) is 16.5 Å². The number of rotatable bonds is 7. The number of anilines is 1. The van der Waals surface area contributed by atoms with E-state index in [0.717, 1.165) is 59.6 Å². The van der Waals surface area contributed by atoms with Gasteiger partial charge in [0.2, 0.25) is 0 Å². The maximum absolute atomic E-state index is 6.61. The zero-order valence-corrected chi connectivity index (χ0v) is 22.5. The average molecular weight is 518 g/mol. The number of hydrogen-bond donors (Lipinski definition) is 2. The molecule has 0 unspecified atom stereocenters. The van der Waals surface area contributed by atoms with E-state index in [-0.39, 0.29) is 5.54 Å². The third-order valence-electron chi connectivity index (χ3n) is 8.11. The number of hydrogen-bond acceptors (Lipinski definition) is 5. The van der Waals surface area contributed by atoms with Gasteiger partial charge >= 0.3 is 0 Å². The topological polar surface area (TPSA) is 98.4 Å². The lowest BCUT2D eigenvalue weighted by Crippen LogP contribution is -2.43. The van der Waals surface area contributed by atoms with E-state index in [2.05, 4.69) is 69.6 Å². The molecule has 2 aromatic carbocycles. The highest BCUT2D eigenvalue weighted by atomic mass is 15.2. The second-order valence-electron chi connectivity index (χ2n) is 10.5. The molecular formula is C32H35N7. The normalized spacial score (nSPS) is 17.4. The number of benzene rings is 2. The van der Waals surface area contributed by atoms with Gasteiger partial charge in [0.25, 0.3) is 0 Å². The van der Waals surface area contributed by atoms with Crippen LogP contribution in [0.1, 0.15) is 43.5 Å². The predicted molar refractivity (Wildman–Crippen MR) is 161 cm³/mol. The summed E-state index contributed by atoms with van der Waals surface area (Å²) in [5.41, 5.74) is 20.3. The third-order valence-corrected chi connectivity index (χ3v) is 8.11. The number of nitrogens with two attached hydrogens (primary N) is 2. The first-order chi connectivity index (χ1) is 19.0. The predicted octanol–water partition coefficient (Wildman–Crippen LogP) is 5.58. The minimum absolute atomic E-state index is 0.225. The van der Waals surface area contributed by atoms with E-state index >= 15 is 0 Å². The Kier molecular flexibility index (Phi) is 6.53. The van der Waals surface area contributed by atoms with Gasteiger partial charge in [-0.3, -0.25) is 9.56 Å². The molecule has 7 heteroatoms. The molecular weight excluding hydrogens is 482 g/mol. The molecule has 198 valence electrons. The minimum Gasteiger partial charge on any atom is -0.383 e. The molecule has 39 heavy (non-hydrogen) atoms. The molecule has 0 bridgehead atoms. The highest BCUT2D eigenvalue weighted by Gasteiger charge is 2.34. The Morgan fingerprint density at radius 1 is 0.974 bits per heavy atom. The summed E-state index contributed by atoms with van der Waals surface area (Å²) in [5.74, 6) is 1.05. The number of amidine groups is 1. The Morgan fingerprint density at radius 2 is 1.74 bits per heavy atom. The molecule has 1 saturated heterocycles. The number of aromatic nitrogens is 3. The number of imidazole rings is 1. The molecule has 1 saturated carbocycles. The lowest BCUT2D eigenvalue weighted by molar-refractivity contribution is 0.253. The second kappa shape index (κ2) is 10.2. The molecule has 0 atom stereocenters. The summed E-state index contributed by atoms with van der Waals surface area (Å²) in [6.07, 6.45) is 9.24. The number of allylic oxidation sites excluding steroid dienone is 2. The first-order valence-corrected chi connectivity index (χ1v) is 13.7. The van der Waals surface area contributed by atoms with Gasteiger partial charge in [0.15, 0.2) is 11.5 Å². The molecule has 7 nitrogen and oxygen atoms in total. The van der Waals surface area contributed by atoms with E-state index in [4.69, 9.17) is 21.4 Å². The fraction of sp³-hybridized carbons (Fsp3) is 0.281. The van der Waals surface area contributed by atoms with E-state index in [9.17, 15) is 0 Å². The summed E-state index contributed by atoms with van der Waals surface area (Å²) >= 11 is 0. The highest BCUT2D eigenvalue weighted by Crippen LogP contribution is 2.39. The van der Waals surface area contributed by atoms with E-state index in [1.807, 2.05) is 18.2 Å². The van der Waals surface area contributed by atoms with Crippen molar-refractivity contribution in [3.8, 4) is 16.9 Å². The number of pyridine rings is 1. The third kappa shape index (κ3) is 4.53. The molecule has 1 aliphatic heterocycles. The zero-order chi connectivity index (χ0) is 27.0. The smallest absolute Gasteiger partial charge is 0.165 e. The van der Waals surface area contributed by atoms with Crippen LogP contribution < -0.4 is 16.4 Å². The number of aliphatic imine (C=N–C) groups is 1. The van der Waals surface area contributed by atoms with Crippen LogP contribution in [0.15, 0.2) is 84.4 Å². The Hall–Kier alpha value is -4.23. The van der Waals surface area contributed by atoms with Crippen molar-refractivity contribution in [1.29, 1.82) is 0 Å². The van der Waals surface area contributed by atoms with Gasteiger partial charge in [-0.1, -0.05) is 36.9 Å². The first kappa shape index (κ1) is 25.1. The molecule has 6 rings (SSSR count). The summed E-state index contributed by atoms with van der Waals surface area (Å²) < 4.78 is 2.06. The standard InChI is InChI=1S/C32H35N7/c1-3-8-26(29(33)35-2)30-37-28-16-15-27(22-9-6-10-25(21-22)38-19-4-5-20-38)36-31(28)39(30)24-13-11-23(12-14-24)32(34)17-7-18-32/h3,6,8-16,21H,1,4-5,7,17-20,34H2,2H3,(H2,33,35)/b26-8+. The van der Waals surface area contributed by atoms with Crippen molar-refractivity contribution in [3.63, 3.8) is 0 Å². The Bertz CT molecular complexity index is 1580. The summed E-state index contributed by atoms with van der Waals surface area (Å²) in [6.45, 7) is 6.09. The molecule has 2 aliphatic rings. The van der Waals surface area contributed by atoms with Crippen molar-refractivity contribution in [2.45, 2.75) is 37.6 Å². The van der Waals surface area contributed by atoms with Crippen molar-refractivity contribution < 1.29 is 0 Å². The van der Waals surface area contributed by atoms with E-state index < -0.39 is 0 Å². The number of nitrogens with zero attached hydrogens (tertiary/aromatic N) is 5. The molecule has 4 aromatic rings. The van der Waals surface area contributed by atoms with Gasteiger partial charge in [-0.15, -0.1) is 0 Å². The fourth-order valence-corrected chi connectivity index (χ4v) is 5.68. The van der Waals surface area contributed by atoms with Crippen LogP contribution in [0.25, 0.3) is 33.7 Å². The van der Waals surface area contributed by atoms with Crippen molar-refractivity contribution in [2.75, 3.05) is 25.0 Å². The molecule has 0 amide bonds. The summed E-state index contributed by atoms with van der Waals surface area (Å²) in [6, 6.07) is 21.2. The fourth-order valence-electron chi connectivity index (χ4n) is 5.68. The van der Waals surface area contributed by atoms with Gasteiger partial charge in [-0.05, 0) is 80.1 Å². The monoisotopic (exact) mass is 517 g/mol. The lowest BCUT2D eigenvalue weighted by Gasteiger charge is -2.38. The van der Waals surface area contributed by atoms with E-state index in [1.54, 1.807) is 13.1 Å². The number of fused-ring (bicyclic) bond motifs is 1. The Morgan fingerprint density at radius 3 is 2.41 bits per heavy atom. The molecule has 1 aliphatic carbocycles. The Labute approximate surface area is 229 Å². The van der Waals surface area contributed by atoms with Crippen molar-refractivity contribution in [3.05, 3.63) is 90.8 Å². The maximum atomic E-state index is 6.61. The van der Waals surface area contributed by atoms with Crippen LogP contribution >= 0.6 is 0 Å². The SMILES string of the molecule is C=C/C=C(\C(N)=NC)c1nc2ccc(-c3cccc(N4CCCC4)c3)nc2n1-c1ccc(C2(N)CCC2)cc1. The van der Waals surface area contributed by atoms with E-state index in [1.165, 1.54) is 24.9 Å². The molecule has 3 heterocycles. The lowest BCUT2D eigenvalue weighted by atomic mass is 9.73. The van der Waals surface area contributed by atoms with Gasteiger partial charge in [0.05, 0.1) is 11.3 Å². The average Bonchev–Trinajstić information content (AvgIpc) is 3.63. The van der Waals surface area contributed by atoms with Crippen LogP contribution in [0.2, 0.25) is 0 Å². The van der Waals surface area contributed by atoms with Crippen LogP contribution in [0.3, 0.4) is 0 Å². The van der Waals surface area contributed by atoms with Gasteiger partial charge < -0.3 is 16.4 Å². The first-order valence-electron chi connectivity index (χ1n) is 13.7. The largest absolute Gasteiger partial charge is 0.383 e.